The molecule has 0 unspecified atom stereocenters. The molecule has 0 aliphatic rings. The van der Waals surface area contributed by atoms with E-state index in [4.69, 9.17) is 11.6 Å². The SMILES string of the molecule is Cn1ccnc1Cc1ccc(C=O)cc1Cl. The summed E-state index contributed by atoms with van der Waals surface area (Å²) in [5, 5.41) is 0.604. The fraction of sp³-hybridized carbons (Fsp3) is 0.167. The van der Waals surface area contributed by atoms with Crippen molar-refractivity contribution in [2.24, 2.45) is 7.05 Å². The normalized spacial score (nSPS) is 10.4. The molecule has 0 aliphatic heterocycles. The number of carbonyl (C=O) groups excluding carboxylic acids is 1. The fourth-order valence-corrected chi connectivity index (χ4v) is 1.77. The molecule has 0 atom stereocenters. The quantitative estimate of drug-likeness (QED) is 0.765. The largest absolute Gasteiger partial charge is 0.338 e. The van der Waals surface area contributed by atoms with Crippen LogP contribution in [0, 0.1) is 0 Å². The van der Waals surface area contributed by atoms with Gasteiger partial charge in [0.2, 0.25) is 0 Å². The Kier molecular flexibility index (Phi) is 3.06. The third-order valence-electron chi connectivity index (χ3n) is 2.48. The molecule has 16 heavy (non-hydrogen) atoms. The zero-order valence-corrected chi connectivity index (χ0v) is 9.61. The van der Waals surface area contributed by atoms with Crippen LogP contribution in [0.15, 0.2) is 30.6 Å². The number of halogens is 1. The molecule has 0 radical (unpaired) electrons. The first-order chi connectivity index (χ1) is 7.70. The van der Waals surface area contributed by atoms with Crippen molar-refractivity contribution in [1.29, 1.82) is 0 Å². The molecule has 0 saturated carbocycles. The lowest BCUT2D eigenvalue weighted by molar-refractivity contribution is 0.112. The van der Waals surface area contributed by atoms with Crippen molar-refractivity contribution in [3.8, 4) is 0 Å². The molecule has 3 nitrogen and oxygen atoms in total. The van der Waals surface area contributed by atoms with E-state index in [1.54, 1.807) is 18.3 Å². The number of aldehydes is 1. The molecule has 1 aromatic heterocycles. The summed E-state index contributed by atoms with van der Waals surface area (Å²) in [6.07, 6.45) is 5.10. The Morgan fingerprint density at radius 1 is 1.50 bits per heavy atom. The predicted octanol–water partition coefficient (Wildman–Crippen LogP) is 2.48. The summed E-state index contributed by atoms with van der Waals surface area (Å²) >= 11 is 6.08. The van der Waals surface area contributed by atoms with E-state index in [-0.39, 0.29) is 0 Å². The lowest BCUT2D eigenvalue weighted by Crippen LogP contribution is -1.99. The molecule has 0 spiro atoms. The zero-order chi connectivity index (χ0) is 11.5. The van der Waals surface area contributed by atoms with Crippen molar-refractivity contribution < 1.29 is 4.79 Å². The Hall–Kier alpha value is -1.61. The molecule has 82 valence electrons. The molecule has 0 amide bonds. The highest BCUT2D eigenvalue weighted by atomic mass is 35.5. The van der Waals surface area contributed by atoms with Crippen molar-refractivity contribution in [1.82, 2.24) is 9.55 Å². The van der Waals surface area contributed by atoms with Gasteiger partial charge in [0.05, 0.1) is 0 Å². The summed E-state index contributed by atoms with van der Waals surface area (Å²) in [6.45, 7) is 0. The number of nitrogens with zero attached hydrogens (tertiary/aromatic N) is 2. The van der Waals surface area contributed by atoms with Gasteiger partial charge in [-0.3, -0.25) is 4.79 Å². The van der Waals surface area contributed by atoms with E-state index < -0.39 is 0 Å². The number of aromatic nitrogens is 2. The Labute approximate surface area is 98.7 Å². The van der Waals surface area contributed by atoms with Crippen LogP contribution in [0.4, 0.5) is 0 Å². The van der Waals surface area contributed by atoms with Gasteiger partial charge in [0.15, 0.2) is 0 Å². The molecule has 0 aliphatic carbocycles. The fourth-order valence-electron chi connectivity index (χ4n) is 1.52. The summed E-state index contributed by atoms with van der Waals surface area (Å²) in [4.78, 5) is 14.8. The number of benzene rings is 1. The molecular weight excluding hydrogens is 224 g/mol. The summed E-state index contributed by atoms with van der Waals surface area (Å²) < 4.78 is 1.95. The number of carbonyl (C=O) groups is 1. The van der Waals surface area contributed by atoms with Crippen LogP contribution in [-0.4, -0.2) is 15.8 Å². The highest BCUT2D eigenvalue weighted by molar-refractivity contribution is 6.31. The number of rotatable bonds is 3. The van der Waals surface area contributed by atoms with Crippen molar-refractivity contribution in [2.75, 3.05) is 0 Å². The van der Waals surface area contributed by atoms with E-state index in [0.717, 1.165) is 17.7 Å². The van der Waals surface area contributed by atoms with Gasteiger partial charge in [0.25, 0.3) is 0 Å². The molecule has 1 aromatic carbocycles. The molecule has 1 heterocycles. The summed E-state index contributed by atoms with van der Waals surface area (Å²) in [7, 11) is 1.94. The number of imidazole rings is 1. The topological polar surface area (TPSA) is 34.9 Å². The molecule has 0 fully saturated rings. The van der Waals surface area contributed by atoms with Gasteiger partial charge in [0, 0.05) is 36.4 Å². The molecular formula is C12H11ClN2O. The molecule has 2 rings (SSSR count). The van der Waals surface area contributed by atoms with Gasteiger partial charge in [-0.15, -0.1) is 0 Å². The lowest BCUT2D eigenvalue weighted by atomic mass is 10.1. The average molecular weight is 235 g/mol. The van der Waals surface area contributed by atoms with E-state index in [9.17, 15) is 4.79 Å². The van der Waals surface area contributed by atoms with Crippen LogP contribution >= 0.6 is 11.6 Å². The van der Waals surface area contributed by atoms with Crippen molar-refractivity contribution in [3.63, 3.8) is 0 Å². The molecule has 0 saturated heterocycles. The van der Waals surface area contributed by atoms with Gasteiger partial charge in [-0.2, -0.15) is 0 Å². The van der Waals surface area contributed by atoms with E-state index in [1.165, 1.54) is 0 Å². The number of hydrogen-bond donors (Lipinski definition) is 0. The van der Waals surface area contributed by atoms with Gasteiger partial charge in [-0.1, -0.05) is 23.7 Å². The maximum absolute atomic E-state index is 10.6. The second-order valence-electron chi connectivity index (χ2n) is 3.60. The predicted molar refractivity (Wildman–Crippen MR) is 62.9 cm³/mol. The first kappa shape index (κ1) is 10.9. The van der Waals surface area contributed by atoms with Crippen molar-refractivity contribution in [3.05, 3.63) is 52.6 Å². The number of hydrogen-bond acceptors (Lipinski definition) is 2. The van der Waals surface area contributed by atoms with Gasteiger partial charge >= 0.3 is 0 Å². The van der Waals surface area contributed by atoms with Crippen LogP contribution in [-0.2, 0) is 13.5 Å². The average Bonchev–Trinajstić information content (AvgIpc) is 2.67. The monoisotopic (exact) mass is 234 g/mol. The van der Waals surface area contributed by atoms with Gasteiger partial charge in [-0.25, -0.2) is 4.98 Å². The third-order valence-corrected chi connectivity index (χ3v) is 2.83. The molecule has 2 aromatic rings. The van der Waals surface area contributed by atoms with Gasteiger partial charge in [-0.05, 0) is 11.6 Å². The Morgan fingerprint density at radius 2 is 2.31 bits per heavy atom. The smallest absolute Gasteiger partial charge is 0.150 e. The third kappa shape index (κ3) is 2.14. The number of aryl methyl sites for hydroxylation is 1. The van der Waals surface area contributed by atoms with E-state index in [1.807, 2.05) is 23.9 Å². The summed E-state index contributed by atoms with van der Waals surface area (Å²) in [5.41, 5.74) is 1.56. The minimum Gasteiger partial charge on any atom is -0.338 e. The maximum atomic E-state index is 10.6. The van der Waals surface area contributed by atoms with Gasteiger partial charge < -0.3 is 4.57 Å². The van der Waals surface area contributed by atoms with Crippen LogP contribution in [0.5, 0.6) is 0 Å². The first-order valence-corrected chi connectivity index (χ1v) is 5.28. The van der Waals surface area contributed by atoms with Gasteiger partial charge in [0.1, 0.15) is 12.1 Å². The van der Waals surface area contributed by atoms with Crippen LogP contribution in [0.3, 0.4) is 0 Å². The van der Waals surface area contributed by atoms with Crippen LogP contribution in [0.2, 0.25) is 5.02 Å². The second-order valence-corrected chi connectivity index (χ2v) is 4.01. The second kappa shape index (κ2) is 4.49. The minimum atomic E-state index is 0.591. The summed E-state index contributed by atoms with van der Waals surface area (Å²) in [6, 6.07) is 5.30. The zero-order valence-electron chi connectivity index (χ0n) is 8.85. The Balaban J connectivity index is 2.29. The van der Waals surface area contributed by atoms with E-state index >= 15 is 0 Å². The molecule has 0 N–H and O–H groups in total. The van der Waals surface area contributed by atoms with Crippen molar-refractivity contribution >= 4 is 17.9 Å². The molecule has 4 heteroatoms. The lowest BCUT2D eigenvalue weighted by Gasteiger charge is -2.05. The van der Waals surface area contributed by atoms with E-state index in [0.29, 0.717) is 17.0 Å². The first-order valence-electron chi connectivity index (χ1n) is 4.90. The maximum Gasteiger partial charge on any atom is 0.150 e. The Morgan fingerprint density at radius 3 is 2.88 bits per heavy atom. The molecule has 0 bridgehead atoms. The van der Waals surface area contributed by atoms with E-state index in [2.05, 4.69) is 4.98 Å². The minimum absolute atomic E-state index is 0.591. The standard InChI is InChI=1S/C12H11ClN2O/c1-15-5-4-14-12(15)7-10-3-2-9(8-16)6-11(10)13/h2-6,8H,7H2,1H3. The highest BCUT2D eigenvalue weighted by Gasteiger charge is 2.06. The van der Waals surface area contributed by atoms with Crippen molar-refractivity contribution in [2.45, 2.75) is 6.42 Å². The van der Waals surface area contributed by atoms with Crippen LogP contribution in [0.25, 0.3) is 0 Å². The Bertz CT molecular complexity index is 519. The highest BCUT2D eigenvalue weighted by Crippen LogP contribution is 2.19. The summed E-state index contributed by atoms with van der Waals surface area (Å²) in [5.74, 6) is 0.945. The van der Waals surface area contributed by atoms with Crippen LogP contribution in [0.1, 0.15) is 21.7 Å². The van der Waals surface area contributed by atoms with Crippen LogP contribution < -0.4 is 0 Å².